The van der Waals surface area contributed by atoms with Crippen LogP contribution in [0.1, 0.15) is 23.4 Å². The molecule has 1 saturated heterocycles. The Hall–Kier alpha value is -3.94. The minimum Gasteiger partial charge on any atom is -0.379 e. The van der Waals surface area contributed by atoms with E-state index in [0.29, 0.717) is 42.2 Å². The lowest BCUT2D eigenvalue weighted by atomic mass is 10.1. The number of hydrogen-bond donors (Lipinski definition) is 1. The molecule has 4 aromatic rings. The molecular formula is C22H20N8O2. The highest BCUT2D eigenvalue weighted by Crippen LogP contribution is 2.26. The summed E-state index contributed by atoms with van der Waals surface area (Å²) in [5, 5.41) is 17.7. The number of hydrogen-bond acceptors (Lipinski definition) is 9. The van der Waals surface area contributed by atoms with Gasteiger partial charge < -0.3 is 15.2 Å². The van der Waals surface area contributed by atoms with Crippen LogP contribution in [0.2, 0.25) is 0 Å². The molecule has 160 valence electrons. The number of anilines is 1. The lowest BCUT2D eigenvalue weighted by molar-refractivity contribution is 0.0301. The first-order chi connectivity index (χ1) is 15.7. The Balaban J connectivity index is 1.42. The smallest absolute Gasteiger partial charge is 0.222 e. The second-order valence-corrected chi connectivity index (χ2v) is 7.46. The van der Waals surface area contributed by atoms with Crippen molar-refractivity contribution in [2.45, 2.75) is 25.7 Å². The quantitative estimate of drug-likeness (QED) is 0.489. The third-order valence-corrected chi connectivity index (χ3v) is 5.18. The number of fused-ring (bicyclic) bond motifs is 1. The summed E-state index contributed by atoms with van der Waals surface area (Å²) < 4.78 is 12.9. The molecule has 0 radical (unpaired) electrons. The predicted molar refractivity (Wildman–Crippen MR) is 115 cm³/mol. The Morgan fingerprint density at radius 1 is 1.16 bits per heavy atom. The number of aromatic nitrogens is 6. The molecule has 1 aliphatic rings. The summed E-state index contributed by atoms with van der Waals surface area (Å²) in [6.45, 7) is 2.16. The van der Waals surface area contributed by atoms with Gasteiger partial charge >= 0.3 is 0 Å². The van der Waals surface area contributed by atoms with E-state index in [2.05, 4.69) is 31.3 Å². The third-order valence-electron chi connectivity index (χ3n) is 5.18. The van der Waals surface area contributed by atoms with Crippen LogP contribution < -0.4 is 5.73 Å². The molecule has 1 atom stereocenters. The zero-order valence-electron chi connectivity index (χ0n) is 17.2. The Bertz CT molecular complexity index is 1310. The number of ether oxygens (including phenoxy) is 2. The highest BCUT2D eigenvalue weighted by Gasteiger charge is 2.18. The van der Waals surface area contributed by atoms with Gasteiger partial charge in [-0.2, -0.15) is 10.2 Å². The molecule has 1 aromatic carbocycles. The molecular weight excluding hydrogens is 408 g/mol. The Morgan fingerprint density at radius 3 is 2.88 bits per heavy atom. The fourth-order valence-corrected chi connectivity index (χ4v) is 3.62. The maximum Gasteiger partial charge on any atom is 0.222 e. The number of rotatable bonds is 6. The van der Waals surface area contributed by atoms with Crippen molar-refractivity contribution in [1.29, 1.82) is 5.26 Å². The molecule has 1 unspecified atom stereocenters. The molecule has 2 N–H and O–H groups in total. The molecule has 0 spiro atoms. The molecule has 1 fully saturated rings. The highest BCUT2D eigenvalue weighted by molar-refractivity contribution is 5.88. The molecule has 0 aliphatic carbocycles. The molecule has 4 heterocycles. The summed E-state index contributed by atoms with van der Waals surface area (Å²) in [5.41, 5.74) is 10.4. The van der Waals surface area contributed by atoms with Crippen molar-refractivity contribution >= 4 is 17.1 Å². The monoisotopic (exact) mass is 428 g/mol. The molecule has 10 nitrogen and oxygen atoms in total. The van der Waals surface area contributed by atoms with E-state index in [4.69, 9.17) is 15.2 Å². The molecule has 0 bridgehead atoms. The number of nitriles is 1. The van der Waals surface area contributed by atoms with Crippen molar-refractivity contribution in [3.63, 3.8) is 0 Å². The molecule has 0 amide bonds. The molecule has 32 heavy (non-hydrogen) atoms. The summed E-state index contributed by atoms with van der Waals surface area (Å²) >= 11 is 0. The lowest BCUT2D eigenvalue weighted by Gasteiger charge is -2.10. The van der Waals surface area contributed by atoms with E-state index >= 15 is 0 Å². The number of nitrogen functional groups attached to an aromatic ring is 1. The second kappa shape index (κ2) is 8.66. The largest absolute Gasteiger partial charge is 0.379 e. The third kappa shape index (κ3) is 4.12. The average molecular weight is 428 g/mol. The topological polar surface area (TPSA) is 138 Å². The lowest BCUT2D eigenvalue weighted by Crippen LogP contribution is -2.13. The SMILES string of the molecule is N#Cc1cccc(-c2nc(N)nc3c2nnn3Cc2cccc(COC3CCOC3)n2)c1. The zero-order chi connectivity index (χ0) is 21.9. The van der Waals surface area contributed by atoms with Crippen LogP contribution in [0.15, 0.2) is 42.5 Å². The average Bonchev–Trinajstić information content (AvgIpc) is 3.48. The first-order valence-corrected chi connectivity index (χ1v) is 10.2. The van der Waals surface area contributed by atoms with Gasteiger partial charge in [-0.25, -0.2) is 9.67 Å². The zero-order valence-corrected chi connectivity index (χ0v) is 17.2. The Kier molecular flexibility index (Phi) is 5.41. The Labute approximate surface area is 183 Å². The van der Waals surface area contributed by atoms with E-state index in [1.54, 1.807) is 22.9 Å². The number of pyridine rings is 1. The van der Waals surface area contributed by atoms with Gasteiger partial charge in [-0.15, -0.1) is 5.10 Å². The summed E-state index contributed by atoms with van der Waals surface area (Å²) in [4.78, 5) is 13.4. The minimum atomic E-state index is 0.104. The van der Waals surface area contributed by atoms with Crippen molar-refractivity contribution < 1.29 is 9.47 Å². The van der Waals surface area contributed by atoms with Crippen molar-refractivity contribution in [2.24, 2.45) is 0 Å². The molecule has 10 heteroatoms. The molecule has 5 rings (SSSR count). The van der Waals surface area contributed by atoms with Gasteiger partial charge in [0.15, 0.2) is 11.2 Å². The highest BCUT2D eigenvalue weighted by atomic mass is 16.5. The fourth-order valence-electron chi connectivity index (χ4n) is 3.62. The van der Waals surface area contributed by atoms with E-state index in [0.717, 1.165) is 30.0 Å². The van der Waals surface area contributed by atoms with Crippen LogP contribution in [0.5, 0.6) is 0 Å². The number of nitrogens with two attached hydrogens (primary N) is 1. The van der Waals surface area contributed by atoms with E-state index in [9.17, 15) is 5.26 Å². The van der Waals surface area contributed by atoms with Crippen LogP contribution in [0.3, 0.4) is 0 Å². The summed E-state index contributed by atoms with van der Waals surface area (Å²) in [5.74, 6) is 0.104. The van der Waals surface area contributed by atoms with Crippen LogP contribution in [0, 0.1) is 11.3 Å². The molecule has 3 aromatic heterocycles. The van der Waals surface area contributed by atoms with E-state index in [1.165, 1.54) is 0 Å². The van der Waals surface area contributed by atoms with Crippen LogP contribution in [0.4, 0.5) is 5.95 Å². The van der Waals surface area contributed by atoms with E-state index < -0.39 is 0 Å². The first-order valence-electron chi connectivity index (χ1n) is 10.2. The van der Waals surface area contributed by atoms with Crippen LogP contribution in [0.25, 0.3) is 22.4 Å². The van der Waals surface area contributed by atoms with E-state index in [1.807, 2.05) is 24.3 Å². The van der Waals surface area contributed by atoms with Gasteiger partial charge in [0.1, 0.15) is 5.69 Å². The fraction of sp³-hybridized carbons (Fsp3) is 0.273. The summed E-state index contributed by atoms with van der Waals surface area (Å²) in [6.07, 6.45) is 1.03. The normalized spacial score (nSPS) is 15.8. The first kappa shape index (κ1) is 20.0. The number of nitrogens with zero attached hydrogens (tertiary/aromatic N) is 7. The maximum atomic E-state index is 9.21. The van der Waals surface area contributed by atoms with Gasteiger partial charge in [-0.3, -0.25) is 4.98 Å². The van der Waals surface area contributed by atoms with Crippen LogP contribution >= 0.6 is 0 Å². The van der Waals surface area contributed by atoms with Crippen LogP contribution in [-0.2, 0) is 22.6 Å². The molecule has 0 saturated carbocycles. The van der Waals surface area contributed by atoms with Crippen LogP contribution in [-0.4, -0.2) is 49.3 Å². The van der Waals surface area contributed by atoms with E-state index in [-0.39, 0.29) is 12.1 Å². The van der Waals surface area contributed by atoms with Gasteiger partial charge in [0.2, 0.25) is 5.95 Å². The summed E-state index contributed by atoms with van der Waals surface area (Å²) in [7, 11) is 0. The standard InChI is InChI=1S/C22H20N8O2/c23-10-14-3-1-4-15(9-14)19-20-21(27-22(24)26-19)30(29-28-20)11-16-5-2-6-17(25-16)12-32-18-7-8-31-13-18/h1-6,9,18H,7-8,11-13H2,(H2,24,26,27). The van der Waals surface area contributed by atoms with Crippen molar-refractivity contribution in [2.75, 3.05) is 18.9 Å². The van der Waals surface area contributed by atoms with Gasteiger partial charge in [-0.1, -0.05) is 23.4 Å². The minimum absolute atomic E-state index is 0.104. The van der Waals surface area contributed by atoms with Crippen molar-refractivity contribution in [3.8, 4) is 17.3 Å². The van der Waals surface area contributed by atoms with Gasteiger partial charge in [0, 0.05) is 12.2 Å². The van der Waals surface area contributed by atoms with Crippen molar-refractivity contribution in [1.82, 2.24) is 29.9 Å². The molecule has 1 aliphatic heterocycles. The van der Waals surface area contributed by atoms with Gasteiger partial charge in [0.05, 0.1) is 48.9 Å². The second-order valence-electron chi connectivity index (χ2n) is 7.46. The predicted octanol–water partition coefficient (Wildman–Crippen LogP) is 2.09. The van der Waals surface area contributed by atoms with Gasteiger partial charge in [0.25, 0.3) is 0 Å². The van der Waals surface area contributed by atoms with Crippen molar-refractivity contribution in [3.05, 3.63) is 59.4 Å². The number of benzene rings is 1. The van der Waals surface area contributed by atoms with Gasteiger partial charge in [-0.05, 0) is 30.7 Å². The maximum absolute atomic E-state index is 9.21. The summed E-state index contributed by atoms with van der Waals surface area (Å²) in [6, 6.07) is 15.0. The Morgan fingerprint density at radius 2 is 2.03 bits per heavy atom.